The van der Waals surface area contributed by atoms with E-state index in [1.165, 1.54) is 12.0 Å². The molecule has 2 aromatic carbocycles. The molecule has 0 aromatic heterocycles. The van der Waals surface area contributed by atoms with Gasteiger partial charge in [0.25, 0.3) is 5.91 Å². The molecule has 1 aliphatic heterocycles. The van der Waals surface area contributed by atoms with E-state index in [1.54, 1.807) is 24.3 Å². The lowest BCUT2D eigenvalue weighted by atomic mass is 10.1. The van der Waals surface area contributed by atoms with Crippen LogP contribution in [0, 0.1) is 6.92 Å². The third-order valence-electron chi connectivity index (χ3n) is 4.10. The Morgan fingerprint density at radius 2 is 1.96 bits per heavy atom. The maximum Gasteiger partial charge on any atom is 0.259 e. The van der Waals surface area contributed by atoms with E-state index in [0.717, 1.165) is 11.1 Å². The van der Waals surface area contributed by atoms with E-state index in [0.29, 0.717) is 27.7 Å². The zero-order valence-electron chi connectivity index (χ0n) is 13.9. The number of nitrogens with one attached hydrogen (secondary N) is 1. The first-order valence-electron chi connectivity index (χ1n) is 7.66. The van der Waals surface area contributed by atoms with Gasteiger partial charge >= 0.3 is 0 Å². The van der Waals surface area contributed by atoms with Crippen molar-refractivity contribution in [2.24, 2.45) is 0 Å². The molecule has 0 spiro atoms. The molecule has 3 rings (SSSR count). The molecule has 0 saturated heterocycles. The summed E-state index contributed by atoms with van der Waals surface area (Å²) in [6.45, 7) is 5.64. The molecule has 1 N–H and O–H groups in total. The minimum absolute atomic E-state index is 0.128. The third kappa shape index (κ3) is 3.10. The number of fused-ring (bicyclic) bond motifs is 1. The average molecular weight is 357 g/mol. The fourth-order valence-corrected chi connectivity index (χ4v) is 2.92. The number of amides is 2. The van der Waals surface area contributed by atoms with Gasteiger partial charge in [0.15, 0.2) is 0 Å². The Bertz CT molecular complexity index is 857. The summed E-state index contributed by atoms with van der Waals surface area (Å²) in [6, 6.07) is 10.5. The Balaban J connectivity index is 1.78. The lowest BCUT2D eigenvalue weighted by Crippen LogP contribution is -2.32. The highest BCUT2D eigenvalue weighted by Gasteiger charge is 2.32. The number of ether oxygens (including phenoxy) is 1. The molecular weight excluding hydrogens is 340 g/mol. The number of benzene rings is 2. The summed E-state index contributed by atoms with van der Waals surface area (Å²) >= 11 is 6.07. The molecular formula is C19H17ClN2O3. The van der Waals surface area contributed by atoms with Crippen molar-refractivity contribution in [1.82, 2.24) is 4.90 Å². The van der Waals surface area contributed by atoms with Gasteiger partial charge in [-0.3, -0.25) is 14.5 Å². The highest BCUT2D eigenvalue weighted by atomic mass is 35.5. The summed E-state index contributed by atoms with van der Waals surface area (Å²) in [6.07, 6.45) is 0. The van der Waals surface area contributed by atoms with E-state index in [2.05, 4.69) is 11.9 Å². The van der Waals surface area contributed by atoms with Crippen LogP contribution < -0.4 is 10.1 Å². The van der Waals surface area contributed by atoms with Gasteiger partial charge in [0.05, 0.1) is 12.8 Å². The molecule has 6 heteroatoms. The fourth-order valence-electron chi connectivity index (χ4n) is 2.77. The topological polar surface area (TPSA) is 58.6 Å². The third-order valence-corrected chi connectivity index (χ3v) is 4.50. The van der Waals surface area contributed by atoms with Crippen molar-refractivity contribution in [1.29, 1.82) is 0 Å². The monoisotopic (exact) mass is 356 g/mol. The van der Waals surface area contributed by atoms with E-state index in [9.17, 15) is 9.59 Å². The van der Waals surface area contributed by atoms with Crippen LogP contribution in [0.15, 0.2) is 43.0 Å². The highest BCUT2D eigenvalue weighted by Crippen LogP contribution is 2.32. The largest absolute Gasteiger partial charge is 0.495 e. The first kappa shape index (κ1) is 17.0. The predicted molar refractivity (Wildman–Crippen MR) is 97.9 cm³/mol. The Morgan fingerprint density at radius 3 is 2.60 bits per heavy atom. The normalized spacial score (nSPS) is 13.0. The van der Waals surface area contributed by atoms with Crippen LogP contribution in [0.4, 0.5) is 5.69 Å². The number of carbonyl (C=O) groups excluding carboxylic acids is 2. The number of carbonyl (C=O) groups is 2. The lowest BCUT2D eigenvalue weighted by molar-refractivity contribution is -0.116. The number of hydrogen-bond donors (Lipinski definition) is 1. The second kappa shape index (κ2) is 6.61. The number of nitrogens with zero attached hydrogens (tertiary/aromatic N) is 1. The van der Waals surface area contributed by atoms with Gasteiger partial charge in [-0.05, 0) is 24.6 Å². The average Bonchev–Trinajstić information content (AvgIpc) is 2.83. The molecule has 0 fully saturated rings. The molecule has 2 aromatic rings. The summed E-state index contributed by atoms with van der Waals surface area (Å²) in [4.78, 5) is 26.3. The van der Waals surface area contributed by atoms with E-state index in [1.807, 2.05) is 19.1 Å². The van der Waals surface area contributed by atoms with Crippen LogP contribution in [0.1, 0.15) is 21.5 Å². The van der Waals surface area contributed by atoms with Gasteiger partial charge in [-0.25, -0.2) is 0 Å². The van der Waals surface area contributed by atoms with E-state index < -0.39 is 0 Å². The summed E-state index contributed by atoms with van der Waals surface area (Å²) in [5, 5.41) is 3.32. The molecule has 2 amide bonds. The van der Waals surface area contributed by atoms with Gasteiger partial charge in [0.1, 0.15) is 12.3 Å². The van der Waals surface area contributed by atoms with Crippen LogP contribution in [0.25, 0.3) is 5.70 Å². The van der Waals surface area contributed by atoms with Crippen molar-refractivity contribution in [2.75, 3.05) is 19.0 Å². The molecule has 0 radical (unpaired) electrons. The number of methoxy groups -OCH3 is 1. The number of aryl methyl sites for hydroxylation is 1. The van der Waals surface area contributed by atoms with Crippen molar-refractivity contribution in [3.8, 4) is 5.75 Å². The Kier molecular flexibility index (Phi) is 4.51. The van der Waals surface area contributed by atoms with Crippen molar-refractivity contribution < 1.29 is 14.3 Å². The number of hydrogen-bond acceptors (Lipinski definition) is 3. The van der Waals surface area contributed by atoms with Crippen LogP contribution in [0.3, 0.4) is 0 Å². The summed E-state index contributed by atoms with van der Waals surface area (Å²) < 4.78 is 5.25. The molecule has 0 atom stereocenters. The predicted octanol–water partition coefficient (Wildman–Crippen LogP) is 3.72. The van der Waals surface area contributed by atoms with Crippen LogP contribution in [-0.4, -0.2) is 30.4 Å². The van der Waals surface area contributed by atoms with E-state index in [4.69, 9.17) is 16.3 Å². The molecule has 0 bridgehead atoms. The van der Waals surface area contributed by atoms with Crippen molar-refractivity contribution >= 4 is 34.8 Å². The zero-order valence-corrected chi connectivity index (χ0v) is 14.7. The zero-order chi connectivity index (χ0) is 18.1. The smallest absolute Gasteiger partial charge is 0.259 e. The lowest BCUT2D eigenvalue weighted by Gasteiger charge is -2.18. The SMILES string of the molecule is C=C1c2ccccc2C(=O)N1CC(=O)Nc1cc(C)c(Cl)cc1OC. The Hall–Kier alpha value is -2.79. The quantitative estimate of drug-likeness (QED) is 0.908. The molecule has 0 saturated carbocycles. The number of halogens is 1. The second-order valence-corrected chi connectivity index (χ2v) is 6.14. The number of rotatable bonds is 4. The van der Waals surface area contributed by atoms with Gasteiger partial charge in [0.2, 0.25) is 5.91 Å². The number of anilines is 1. The minimum Gasteiger partial charge on any atom is -0.495 e. The molecule has 1 aliphatic rings. The summed E-state index contributed by atoms with van der Waals surface area (Å²) in [5.41, 5.74) is 3.14. The Labute approximate surface area is 150 Å². The van der Waals surface area contributed by atoms with E-state index >= 15 is 0 Å². The van der Waals surface area contributed by atoms with Gasteiger partial charge < -0.3 is 10.1 Å². The minimum atomic E-state index is -0.345. The summed E-state index contributed by atoms with van der Waals surface area (Å²) in [5.74, 6) is -0.115. The van der Waals surface area contributed by atoms with Crippen LogP contribution in [-0.2, 0) is 4.79 Å². The molecule has 128 valence electrons. The molecule has 5 nitrogen and oxygen atoms in total. The molecule has 0 unspecified atom stereocenters. The van der Waals surface area contributed by atoms with Gasteiger partial charge in [0, 0.05) is 27.9 Å². The van der Waals surface area contributed by atoms with Crippen LogP contribution in [0.2, 0.25) is 5.02 Å². The van der Waals surface area contributed by atoms with Gasteiger partial charge in [-0.2, -0.15) is 0 Å². The first-order valence-corrected chi connectivity index (χ1v) is 8.04. The molecule has 25 heavy (non-hydrogen) atoms. The molecule has 1 heterocycles. The second-order valence-electron chi connectivity index (χ2n) is 5.73. The first-order chi connectivity index (χ1) is 11.9. The van der Waals surface area contributed by atoms with Crippen molar-refractivity contribution in [3.05, 3.63) is 64.7 Å². The van der Waals surface area contributed by atoms with Crippen LogP contribution in [0.5, 0.6) is 5.75 Å². The Morgan fingerprint density at radius 1 is 1.28 bits per heavy atom. The fraction of sp³-hybridized carbons (Fsp3) is 0.158. The maximum atomic E-state index is 12.5. The molecule has 0 aliphatic carbocycles. The van der Waals surface area contributed by atoms with Crippen LogP contribution >= 0.6 is 11.6 Å². The maximum absolute atomic E-state index is 12.5. The van der Waals surface area contributed by atoms with Crippen molar-refractivity contribution in [2.45, 2.75) is 6.92 Å². The summed E-state index contributed by atoms with van der Waals surface area (Å²) in [7, 11) is 1.50. The van der Waals surface area contributed by atoms with Gasteiger partial charge in [-0.1, -0.05) is 36.4 Å². The van der Waals surface area contributed by atoms with Crippen molar-refractivity contribution in [3.63, 3.8) is 0 Å². The van der Waals surface area contributed by atoms with E-state index in [-0.39, 0.29) is 18.4 Å². The van der Waals surface area contributed by atoms with Gasteiger partial charge in [-0.15, -0.1) is 0 Å². The standard InChI is InChI=1S/C19H17ClN2O3/c1-11-8-16(17(25-3)9-15(11)20)21-18(23)10-22-12(2)13-6-4-5-7-14(13)19(22)24/h4-9H,2,10H2,1,3H3,(H,21,23). The highest BCUT2D eigenvalue weighted by molar-refractivity contribution is 6.31.